The zero-order chi connectivity index (χ0) is 13.5. The first kappa shape index (κ1) is 14.0. The van der Waals surface area contributed by atoms with Crippen LogP contribution in [0.15, 0.2) is 35.1 Å². The molecule has 0 aromatic rings. The molecule has 2 N–H and O–H groups in total. The van der Waals surface area contributed by atoms with Crippen LogP contribution in [0.2, 0.25) is 0 Å². The molecule has 0 spiro atoms. The Kier molecular flexibility index (Phi) is 5.12. The summed E-state index contributed by atoms with van der Waals surface area (Å²) in [4.78, 5) is 22.3. The zero-order valence-electron chi connectivity index (χ0n) is 10.3. The predicted octanol–water partition coefficient (Wildman–Crippen LogP) is 1.96. The van der Waals surface area contributed by atoms with Gasteiger partial charge in [0.1, 0.15) is 6.04 Å². The van der Waals surface area contributed by atoms with Gasteiger partial charge < -0.3 is 5.32 Å². The van der Waals surface area contributed by atoms with Crippen LogP contribution in [-0.4, -0.2) is 17.9 Å². The molecule has 1 heterocycles. The molecule has 1 atom stereocenters. The minimum absolute atomic E-state index is 0. The molecule has 1 aliphatic carbocycles. The number of piperidine rings is 1. The van der Waals surface area contributed by atoms with Crippen LogP contribution in [0.4, 0.5) is 4.39 Å². The molecule has 2 rings (SSSR count). The quantitative estimate of drug-likeness (QED) is 0.585. The lowest BCUT2D eigenvalue weighted by Crippen LogP contribution is -2.50. The second kappa shape index (κ2) is 6.60. The van der Waals surface area contributed by atoms with Gasteiger partial charge in [-0.2, -0.15) is 4.39 Å². The number of halogens is 1. The number of rotatable bonds is 2. The molecule has 2 aliphatic rings. The van der Waals surface area contributed by atoms with E-state index < -0.39 is 11.9 Å². The monoisotopic (exact) mass is 254 g/mol. The van der Waals surface area contributed by atoms with Gasteiger partial charge in [-0.25, -0.2) is 0 Å². The molecule has 5 heteroatoms. The van der Waals surface area contributed by atoms with Crippen LogP contribution in [0.5, 0.6) is 0 Å². The Hall–Kier alpha value is -2.09. The van der Waals surface area contributed by atoms with E-state index in [2.05, 4.69) is 22.1 Å². The summed E-state index contributed by atoms with van der Waals surface area (Å²) >= 11 is 0. The van der Waals surface area contributed by atoms with E-state index in [9.17, 15) is 14.0 Å². The highest BCUT2D eigenvalue weighted by Gasteiger charge is 2.26. The lowest BCUT2D eigenvalue weighted by molar-refractivity contribution is -0.134. The summed E-state index contributed by atoms with van der Waals surface area (Å²) in [5.74, 6) is -1.20. The van der Waals surface area contributed by atoms with Gasteiger partial charge in [-0.1, -0.05) is 19.6 Å². The van der Waals surface area contributed by atoms with Gasteiger partial charge in [-0.3, -0.25) is 14.9 Å². The van der Waals surface area contributed by atoms with Crippen molar-refractivity contribution < 1.29 is 16.8 Å². The van der Waals surface area contributed by atoms with E-state index in [4.69, 9.17) is 0 Å². The summed E-state index contributed by atoms with van der Waals surface area (Å²) in [6.45, 7) is 4.00. The molecule has 0 aromatic heterocycles. The van der Waals surface area contributed by atoms with E-state index in [0.717, 1.165) is 0 Å². The highest BCUT2D eigenvalue weighted by molar-refractivity contribution is 6.00. The maximum atomic E-state index is 12.8. The molecular formula is C13H19FN2O2. The molecule has 1 unspecified atom stereocenters. The van der Waals surface area contributed by atoms with Crippen molar-refractivity contribution in [1.29, 1.82) is 0 Å². The van der Waals surface area contributed by atoms with Crippen LogP contribution in [-0.2, 0) is 9.59 Å². The number of nitrogens with one attached hydrogen (secondary N) is 2. The van der Waals surface area contributed by atoms with E-state index in [1.165, 1.54) is 12.2 Å². The molecule has 4 nitrogen and oxygen atoms in total. The van der Waals surface area contributed by atoms with Gasteiger partial charge in [0.25, 0.3) is 0 Å². The molecule has 0 aromatic carbocycles. The fourth-order valence-corrected chi connectivity index (χ4v) is 1.51. The van der Waals surface area contributed by atoms with Crippen molar-refractivity contribution in [3.63, 3.8) is 0 Å². The van der Waals surface area contributed by atoms with Crippen molar-refractivity contribution in [1.82, 2.24) is 10.6 Å². The molecule has 0 bridgehead atoms. The number of hydrogen-bond donors (Lipinski definition) is 2. The Morgan fingerprint density at radius 2 is 2.22 bits per heavy atom. The molecule has 0 radical (unpaired) electrons. The van der Waals surface area contributed by atoms with Crippen LogP contribution >= 0.6 is 0 Å². The molecular weight excluding hydrogens is 235 g/mol. The van der Waals surface area contributed by atoms with Gasteiger partial charge in [0.15, 0.2) is 5.83 Å². The summed E-state index contributed by atoms with van der Waals surface area (Å²) in [5, 5.41) is 5.05. The van der Waals surface area contributed by atoms with Gasteiger partial charge in [0, 0.05) is 27.1 Å². The highest BCUT2D eigenvalue weighted by atomic mass is 19.1. The molecule has 1 aliphatic heterocycles. The predicted molar refractivity (Wildman–Crippen MR) is 69.2 cm³/mol. The average molecular weight is 254 g/mol. The molecule has 1 saturated heterocycles. The van der Waals surface area contributed by atoms with Crippen molar-refractivity contribution in [2.75, 3.05) is 0 Å². The fourth-order valence-electron chi connectivity index (χ4n) is 1.51. The zero-order valence-corrected chi connectivity index (χ0v) is 10.3. The van der Waals surface area contributed by atoms with Crippen LogP contribution < -0.4 is 10.6 Å². The largest absolute Gasteiger partial charge is 0.373 e. The third-order valence-corrected chi connectivity index (χ3v) is 2.28. The van der Waals surface area contributed by atoms with Crippen molar-refractivity contribution in [3.8, 4) is 0 Å². The van der Waals surface area contributed by atoms with E-state index in [-0.39, 0.29) is 21.1 Å². The van der Waals surface area contributed by atoms with Crippen LogP contribution in [0.25, 0.3) is 0 Å². The number of hydrogen-bond acceptors (Lipinski definition) is 3. The topological polar surface area (TPSA) is 58.2 Å². The van der Waals surface area contributed by atoms with Gasteiger partial charge in [0.05, 0.1) is 0 Å². The van der Waals surface area contributed by atoms with Crippen LogP contribution in [0, 0.1) is 0 Å². The number of carbonyl (C=O) groups is 2. The van der Waals surface area contributed by atoms with Crippen molar-refractivity contribution in [2.24, 2.45) is 0 Å². The van der Waals surface area contributed by atoms with E-state index in [1.807, 2.05) is 13.8 Å². The van der Waals surface area contributed by atoms with Gasteiger partial charge >= 0.3 is 0 Å². The maximum Gasteiger partial charge on any atom is 0.249 e. The number of amides is 2. The smallest absolute Gasteiger partial charge is 0.249 e. The third kappa shape index (κ3) is 3.74. The normalized spacial score (nSPS) is 21.4. The standard InChI is InChI=1S/C11H9FN2O2.C2H6.2H2/c12-7-2-1-3-8(6-7)13-9-4-5-10(15)14-11(9)16;1-2;;/h3,6,9,13H,4-5H2,(H,14,15,16);1-2H3;2*1H. The van der Waals surface area contributed by atoms with Gasteiger partial charge in [0.2, 0.25) is 11.8 Å². The van der Waals surface area contributed by atoms with E-state index in [1.54, 1.807) is 0 Å². The van der Waals surface area contributed by atoms with Crippen molar-refractivity contribution >= 4 is 11.8 Å². The SMILES string of the molecule is CC.O=C1CCC(NC2=CC(F)=C=C=C2)C(=O)N1.[HH].[HH]. The highest BCUT2D eigenvalue weighted by Crippen LogP contribution is 2.10. The second-order valence-electron chi connectivity index (χ2n) is 3.51. The summed E-state index contributed by atoms with van der Waals surface area (Å²) in [7, 11) is 0. The Morgan fingerprint density at radius 3 is 2.83 bits per heavy atom. The maximum absolute atomic E-state index is 12.8. The molecule has 100 valence electrons. The minimum Gasteiger partial charge on any atom is -0.373 e. The first-order chi connectivity index (χ1) is 8.65. The first-order valence-electron chi connectivity index (χ1n) is 5.84. The second-order valence-corrected chi connectivity index (χ2v) is 3.51. The van der Waals surface area contributed by atoms with E-state index >= 15 is 0 Å². The Bertz CT molecular complexity index is 491. The number of carbonyl (C=O) groups excluding carboxylic acids is 2. The van der Waals surface area contributed by atoms with Crippen LogP contribution in [0.3, 0.4) is 0 Å². The molecule has 0 saturated carbocycles. The average Bonchev–Trinajstić information content (AvgIpc) is 2.35. The summed E-state index contributed by atoms with van der Waals surface area (Å²) in [6, 6.07) is -0.507. The van der Waals surface area contributed by atoms with Crippen LogP contribution in [0.1, 0.15) is 29.5 Å². The first-order valence-corrected chi connectivity index (χ1v) is 5.84. The van der Waals surface area contributed by atoms with Gasteiger partial charge in [-0.15, -0.1) is 0 Å². The summed E-state index contributed by atoms with van der Waals surface area (Å²) < 4.78 is 12.8. The Morgan fingerprint density at radius 1 is 1.50 bits per heavy atom. The Labute approximate surface area is 108 Å². The minimum atomic E-state index is -0.544. The van der Waals surface area contributed by atoms with Crippen molar-refractivity contribution in [3.05, 3.63) is 35.1 Å². The van der Waals surface area contributed by atoms with Crippen molar-refractivity contribution in [2.45, 2.75) is 32.7 Å². The number of allylic oxidation sites excluding steroid dienone is 3. The Balaban J connectivity index is 0. The fraction of sp³-hybridized carbons (Fsp3) is 0.385. The number of imide groups is 1. The van der Waals surface area contributed by atoms with E-state index in [0.29, 0.717) is 12.1 Å². The summed E-state index contributed by atoms with van der Waals surface area (Å²) in [5.41, 5.74) is 5.17. The molecule has 18 heavy (non-hydrogen) atoms. The summed E-state index contributed by atoms with van der Waals surface area (Å²) in [6.07, 6.45) is 3.41. The lowest BCUT2D eigenvalue weighted by atomic mass is 10.1. The molecule has 2 amide bonds. The molecule has 1 fully saturated rings. The van der Waals surface area contributed by atoms with Gasteiger partial charge in [-0.05, 0) is 12.2 Å². The lowest BCUT2D eigenvalue weighted by Gasteiger charge is -2.23. The third-order valence-electron chi connectivity index (χ3n) is 2.28.